The Labute approximate surface area is 204 Å². The number of hydrogen-bond acceptors (Lipinski definition) is 2. The van der Waals surface area contributed by atoms with Gasteiger partial charge in [-0.2, -0.15) is 0 Å². The number of hydrogen-bond donors (Lipinski definition) is 1. The van der Waals surface area contributed by atoms with Crippen molar-refractivity contribution in [1.82, 2.24) is 14.9 Å². The maximum Gasteiger partial charge on any atom is 0.174 e. The molecular weight excluding hydrogens is 448 g/mol. The lowest BCUT2D eigenvalue weighted by atomic mass is 9.96. The third-order valence-corrected chi connectivity index (χ3v) is 6.85. The lowest BCUT2D eigenvalue weighted by Gasteiger charge is -2.28. The molecule has 166 valence electrons. The second kappa shape index (κ2) is 8.65. The Bertz CT molecular complexity index is 1300. The quantitative estimate of drug-likeness (QED) is 0.338. The summed E-state index contributed by atoms with van der Waals surface area (Å²) < 4.78 is 2.27. The van der Waals surface area contributed by atoms with Crippen LogP contribution in [0.3, 0.4) is 0 Å². The van der Waals surface area contributed by atoms with E-state index in [-0.39, 0.29) is 12.1 Å². The number of rotatable bonds is 4. The molecule has 0 unspecified atom stereocenters. The lowest BCUT2D eigenvalue weighted by molar-refractivity contribution is 0.565. The van der Waals surface area contributed by atoms with E-state index in [0.717, 1.165) is 27.8 Å². The molecule has 1 aliphatic heterocycles. The highest BCUT2D eigenvalue weighted by Gasteiger charge is 2.42. The largest absolute Gasteiger partial charge is 0.351 e. The van der Waals surface area contributed by atoms with E-state index in [1.165, 1.54) is 16.8 Å². The molecule has 0 radical (unpaired) electrons. The molecule has 0 saturated carbocycles. The molecule has 0 amide bonds. The van der Waals surface area contributed by atoms with Crippen LogP contribution in [0.4, 0.5) is 5.69 Å². The van der Waals surface area contributed by atoms with Gasteiger partial charge in [0.2, 0.25) is 0 Å². The summed E-state index contributed by atoms with van der Waals surface area (Å²) in [6, 6.07) is 24.7. The Balaban J connectivity index is 1.67. The summed E-state index contributed by atoms with van der Waals surface area (Å²) in [5.74, 6) is 0. The van der Waals surface area contributed by atoms with Crippen LogP contribution in [-0.4, -0.2) is 14.7 Å². The maximum absolute atomic E-state index is 6.14. The van der Waals surface area contributed by atoms with Crippen molar-refractivity contribution in [3.05, 3.63) is 112 Å². The molecule has 33 heavy (non-hydrogen) atoms. The van der Waals surface area contributed by atoms with Gasteiger partial charge in [-0.3, -0.25) is 4.98 Å². The summed E-state index contributed by atoms with van der Waals surface area (Å²) in [6.45, 7) is 6.40. The van der Waals surface area contributed by atoms with Gasteiger partial charge in [0.05, 0.1) is 17.8 Å². The molecule has 3 heterocycles. The van der Waals surface area contributed by atoms with E-state index in [4.69, 9.17) is 23.8 Å². The molecular formula is C27H25ClN4S. The average Bonchev–Trinajstić information content (AvgIpc) is 3.31. The number of pyridine rings is 1. The topological polar surface area (TPSA) is 33.1 Å². The van der Waals surface area contributed by atoms with Gasteiger partial charge in [-0.1, -0.05) is 35.4 Å². The van der Waals surface area contributed by atoms with Crippen molar-refractivity contribution >= 4 is 34.6 Å². The molecule has 2 aromatic heterocycles. The molecule has 2 aromatic carbocycles. The standard InChI is InChI=1S/C27H25ClN4S/c1-17-7-11-22(12-8-17)32-26(25(30-27(32)33)24-6-4-5-15-29-24)23-16-18(2)31(19(23)3)21-13-9-20(28)10-14-21/h4-16,25-26H,1-3H3,(H,30,33)/t25-,26+/m1/s1. The Morgan fingerprint density at radius 2 is 1.61 bits per heavy atom. The van der Waals surface area contributed by atoms with Crippen LogP contribution >= 0.6 is 23.8 Å². The van der Waals surface area contributed by atoms with Crippen LogP contribution in [0.15, 0.2) is 79.0 Å². The number of thiocarbonyl (C=S) groups is 1. The normalized spacial score (nSPS) is 17.9. The number of anilines is 1. The van der Waals surface area contributed by atoms with Crippen LogP contribution in [0.2, 0.25) is 5.02 Å². The van der Waals surface area contributed by atoms with E-state index < -0.39 is 0 Å². The Morgan fingerprint density at radius 1 is 0.909 bits per heavy atom. The summed E-state index contributed by atoms with van der Waals surface area (Å²) in [5.41, 5.74) is 7.89. The monoisotopic (exact) mass is 472 g/mol. The smallest absolute Gasteiger partial charge is 0.174 e. The van der Waals surface area contributed by atoms with Crippen LogP contribution in [0.1, 0.15) is 40.3 Å². The van der Waals surface area contributed by atoms with Crippen LogP contribution in [0, 0.1) is 20.8 Å². The van der Waals surface area contributed by atoms with Gasteiger partial charge in [0.15, 0.2) is 5.11 Å². The van der Waals surface area contributed by atoms with Crippen LogP contribution < -0.4 is 10.2 Å². The van der Waals surface area contributed by atoms with Gasteiger partial charge >= 0.3 is 0 Å². The van der Waals surface area contributed by atoms with Gasteiger partial charge < -0.3 is 14.8 Å². The molecule has 6 heteroatoms. The second-order valence-corrected chi connectivity index (χ2v) is 9.29. The third kappa shape index (κ3) is 3.92. The predicted molar refractivity (Wildman–Crippen MR) is 139 cm³/mol. The van der Waals surface area contributed by atoms with E-state index >= 15 is 0 Å². The van der Waals surface area contributed by atoms with E-state index in [1.807, 2.05) is 30.5 Å². The highest BCUT2D eigenvalue weighted by Crippen LogP contribution is 2.43. The summed E-state index contributed by atoms with van der Waals surface area (Å²) >= 11 is 12.0. The fraction of sp³-hybridized carbons (Fsp3) is 0.185. The van der Waals surface area contributed by atoms with E-state index in [0.29, 0.717) is 5.11 Å². The van der Waals surface area contributed by atoms with Crippen molar-refractivity contribution in [1.29, 1.82) is 0 Å². The molecule has 1 N–H and O–H groups in total. The van der Waals surface area contributed by atoms with E-state index in [9.17, 15) is 0 Å². The van der Waals surface area contributed by atoms with Crippen molar-refractivity contribution in [2.45, 2.75) is 32.9 Å². The molecule has 0 spiro atoms. The Hall–Kier alpha value is -3.15. The summed E-state index contributed by atoms with van der Waals surface area (Å²) in [4.78, 5) is 6.89. The number of aromatic nitrogens is 2. The van der Waals surface area contributed by atoms with Gasteiger partial charge in [-0.25, -0.2) is 0 Å². The highest BCUT2D eigenvalue weighted by molar-refractivity contribution is 7.80. The van der Waals surface area contributed by atoms with Crippen LogP contribution in [-0.2, 0) is 0 Å². The predicted octanol–water partition coefficient (Wildman–Crippen LogP) is 6.63. The first-order chi connectivity index (χ1) is 15.9. The average molecular weight is 473 g/mol. The van der Waals surface area contributed by atoms with Crippen molar-refractivity contribution in [3.8, 4) is 5.69 Å². The number of nitrogens with one attached hydrogen (secondary N) is 1. The van der Waals surface area contributed by atoms with Gasteiger partial charge in [-0.15, -0.1) is 0 Å². The van der Waals surface area contributed by atoms with E-state index in [2.05, 4.69) is 89.1 Å². The zero-order valence-electron chi connectivity index (χ0n) is 18.8. The van der Waals surface area contributed by atoms with Gasteiger partial charge in [0, 0.05) is 34.0 Å². The molecule has 4 nitrogen and oxygen atoms in total. The first-order valence-electron chi connectivity index (χ1n) is 11.0. The minimum Gasteiger partial charge on any atom is -0.351 e. The number of halogens is 1. The number of aryl methyl sites for hydroxylation is 2. The second-order valence-electron chi connectivity index (χ2n) is 8.47. The molecule has 0 aliphatic carbocycles. The molecule has 1 fully saturated rings. The minimum atomic E-state index is -0.0702. The van der Waals surface area contributed by atoms with Crippen molar-refractivity contribution in [2.24, 2.45) is 0 Å². The SMILES string of the molecule is Cc1ccc(N2C(=S)N[C@H](c3ccccn3)[C@@H]2c2cc(C)n(-c3ccc(Cl)cc3)c2C)cc1. The molecule has 1 saturated heterocycles. The third-order valence-electron chi connectivity index (χ3n) is 6.28. The van der Waals surface area contributed by atoms with Crippen LogP contribution in [0.5, 0.6) is 0 Å². The lowest BCUT2D eigenvalue weighted by Crippen LogP contribution is -2.29. The number of benzene rings is 2. The Morgan fingerprint density at radius 3 is 2.27 bits per heavy atom. The highest BCUT2D eigenvalue weighted by atomic mass is 35.5. The van der Waals surface area contributed by atoms with Gasteiger partial charge in [0.25, 0.3) is 0 Å². The van der Waals surface area contributed by atoms with Gasteiger partial charge in [0.1, 0.15) is 0 Å². The molecule has 1 aliphatic rings. The van der Waals surface area contributed by atoms with E-state index in [1.54, 1.807) is 0 Å². The molecule has 5 rings (SSSR count). The van der Waals surface area contributed by atoms with Crippen molar-refractivity contribution in [2.75, 3.05) is 4.90 Å². The van der Waals surface area contributed by atoms with Crippen molar-refractivity contribution < 1.29 is 0 Å². The Kier molecular flexibility index (Phi) is 5.69. The fourth-order valence-corrected chi connectivity index (χ4v) is 5.20. The first kappa shape index (κ1) is 21.7. The summed E-state index contributed by atoms with van der Waals surface area (Å²) in [6.07, 6.45) is 1.84. The number of nitrogens with zero attached hydrogens (tertiary/aromatic N) is 3. The minimum absolute atomic E-state index is 0.0395. The summed E-state index contributed by atoms with van der Waals surface area (Å²) in [7, 11) is 0. The molecule has 2 atom stereocenters. The van der Waals surface area contributed by atoms with Crippen LogP contribution in [0.25, 0.3) is 5.69 Å². The first-order valence-corrected chi connectivity index (χ1v) is 11.7. The zero-order chi connectivity index (χ0) is 23.1. The molecule has 0 bridgehead atoms. The van der Waals surface area contributed by atoms with Gasteiger partial charge in [-0.05, 0) is 93.1 Å². The fourth-order valence-electron chi connectivity index (χ4n) is 4.73. The summed E-state index contributed by atoms with van der Waals surface area (Å²) in [5, 5.41) is 4.99. The maximum atomic E-state index is 6.14. The van der Waals surface area contributed by atoms with Crippen molar-refractivity contribution in [3.63, 3.8) is 0 Å². The molecule has 4 aromatic rings. The zero-order valence-corrected chi connectivity index (χ0v) is 20.4.